The number of anilines is 1. The number of hydrogen-bond donors (Lipinski definition) is 2. The van der Waals surface area contributed by atoms with Crippen molar-refractivity contribution in [2.45, 2.75) is 6.54 Å². The maximum Gasteiger partial charge on any atom is 0.276 e. The number of imidazole rings is 1. The number of nitrogens with zero attached hydrogens (tertiary/aromatic N) is 2. The van der Waals surface area contributed by atoms with Gasteiger partial charge in [-0.3, -0.25) is 9.59 Å². The summed E-state index contributed by atoms with van der Waals surface area (Å²) in [5.74, 6) is -0.799. The zero-order valence-electron chi connectivity index (χ0n) is 14.1. The third kappa shape index (κ3) is 4.10. The molecule has 7 heteroatoms. The lowest BCUT2D eigenvalue weighted by Crippen LogP contribution is -2.29. The lowest BCUT2D eigenvalue weighted by Gasteiger charge is -2.17. The first kappa shape index (κ1) is 17.7. The van der Waals surface area contributed by atoms with E-state index >= 15 is 0 Å². The van der Waals surface area contributed by atoms with Crippen LogP contribution < -0.4 is 5.32 Å². The van der Waals surface area contributed by atoms with Gasteiger partial charge in [0.15, 0.2) is 5.69 Å². The van der Waals surface area contributed by atoms with Crippen molar-refractivity contribution in [3.05, 3.63) is 82.9 Å². The van der Waals surface area contributed by atoms with E-state index in [0.29, 0.717) is 17.3 Å². The third-order valence-corrected chi connectivity index (χ3v) is 4.00. The zero-order valence-corrected chi connectivity index (χ0v) is 14.8. The van der Waals surface area contributed by atoms with Gasteiger partial charge in [0.1, 0.15) is 5.69 Å². The number of halogens is 1. The SMILES string of the molecule is CN(Cc1ccccc1)C(=O)c1[nH]cnc1C(=O)Nc1cccc(Cl)c1. The minimum Gasteiger partial charge on any atom is -0.340 e. The summed E-state index contributed by atoms with van der Waals surface area (Å²) >= 11 is 5.92. The molecule has 0 unspecified atom stereocenters. The fourth-order valence-corrected chi connectivity index (χ4v) is 2.70. The Morgan fingerprint density at radius 3 is 2.65 bits per heavy atom. The summed E-state index contributed by atoms with van der Waals surface area (Å²) in [6.45, 7) is 0.425. The van der Waals surface area contributed by atoms with Gasteiger partial charge < -0.3 is 15.2 Å². The second-order valence-electron chi connectivity index (χ2n) is 5.74. The molecule has 3 aromatic rings. The fraction of sp³-hybridized carbons (Fsp3) is 0.105. The monoisotopic (exact) mass is 368 g/mol. The smallest absolute Gasteiger partial charge is 0.276 e. The molecule has 1 aromatic heterocycles. The lowest BCUT2D eigenvalue weighted by atomic mass is 10.2. The van der Waals surface area contributed by atoms with Gasteiger partial charge in [0.25, 0.3) is 11.8 Å². The topological polar surface area (TPSA) is 78.1 Å². The van der Waals surface area contributed by atoms with E-state index in [1.807, 2.05) is 30.3 Å². The summed E-state index contributed by atoms with van der Waals surface area (Å²) in [6, 6.07) is 16.4. The summed E-state index contributed by atoms with van der Waals surface area (Å²) < 4.78 is 0. The van der Waals surface area contributed by atoms with E-state index in [4.69, 9.17) is 11.6 Å². The van der Waals surface area contributed by atoms with Crippen LogP contribution in [0.3, 0.4) is 0 Å². The molecular formula is C19H17ClN4O2. The van der Waals surface area contributed by atoms with Crippen LogP contribution in [-0.2, 0) is 6.54 Å². The predicted molar refractivity (Wildman–Crippen MR) is 100 cm³/mol. The van der Waals surface area contributed by atoms with Gasteiger partial charge in [-0.2, -0.15) is 0 Å². The third-order valence-electron chi connectivity index (χ3n) is 3.76. The highest BCUT2D eigenvalue weighted by atomic mass is 35.5. The molecule has 0 radical (unpaired) electrons. The van der Waals surface area contributed by atoms with Gasteiger partial charge in [-0.15, -0.1) is 0 Å². The average Bonchev–Trinajstić information content (AvgIpc) is 3.11. The normalized spacial score (nSPS) is 10.4. The second kappa shape index (κ2) is 7.84. The van der Waals surface area contributed by atoms with Crippen LogP contribution >= 0.6 is 11.6 Å². The number of H-pyrrole nitrogens is 1. The molecule has 3 rings (SSSR count). The van der Waals surface area contributed by atoms with Crippen LogP contribution in [0.4, 0.5) is 5.69 Å². The van der Waals surface area contributed by atoms with Gasteiger partial charge in [0, 0.05) is 24.3 Å². The molecule has 0 spiro atoms. The summed E-state index contributed by atoms with van der Waals surface area (Å²) in [4.78, 5) is 33.5. The van der Waals surface area contributed by atoms with E-state index < -0.39 is 5.91 Å². The zero-order chi connectivity index (χ0) is 18.5. The van der Waals surface area contributed by atoms with E-state index in [-0.39, 0.29) is 17.3 Å². The number of nitrogens with one attached hydrogen (secondary N) is 2. The standard InChI is InChI=1S/C19H17ClN4O2/c1-24(11-13-6-3-2-4-7-13)19(26)17-16(21-12-22-17)18(25)23-15-9-5-8-14(20)10-15/h2-10,12H,11H2,1H3,(H,21,22)(H,23,25). The van der Waals surface area contributed by atoms with Crippen molar-refractivity contribution in [3.8, 4) is 0 Å². The Kier molecular flexibility index (Phi) is 5.34. The molecule has 1 heterocycles. The minimum absolute atomic E-state index is 0.0369. The highest BCUT2D eigenvalue weighted by Gasteiger charge is 2.23. The Hall–Kier alpha value is -3.12. The number of amides is 2. The quantitative estimate of drug-likeness (QED) is 0.722. The van der Waals surface area contributed by atoms with Crippen LogP contribution in [0.15, 0.2) is 60.9 Å². The number of hydrogen-bond acceptors (Lipinski definition) is 3. The fourth-order valence-electron chi connectivity index (χ4n) is 2.51. The van der Waals surface area contributed by atoms with Gasteiger partial charge in [0.05, 0.1) is 6.33 Å². The maximum atomic E-state index is 12.7. The molecule has 2 amide bonds. The summed E-state index contributed by atoms with van der Waals surface area (Å²) in [6.07, 6.45) is 1.33. The summed E-state index contributed by atoms with van der Waals surface area (Å²) in [7, 11) is 1.68. The molecule has 0 aliphatic carbocycles. The lowest BCUT2D eigenvalue weighted by molar-refractivity contribution is 0.0774. The van der Waals surface area contributed by atoms with E-state index in [9.17, 15) is 9.59 Å². The van der Waals surface area contributed by atoms with Crippen molar-refractivity contribution in [2.24, 2.45) is 0 Å². The first-order valence-corrected chi connectivity index (χ1v) is 8.32. The molecule has 0 aliphatic heterocycles. The number of aromatic nitrogens is 2. The van der Waals surface area contributed by atoms with E-state index in [1.165, 1.54) is 11.2 Å². The van der Waals surface area contributed by atoms with Crippen molar-refractivity contribution in [1.82, 2.24) is 14.9 Å². The molecular weight excluding hydrogens is 352 g/mol. The van der Waals surface area contributed by atoms with E-state index in [1.54, 1.807) is 31.3 Å². The van der Waals surface area contributed by atoms with Crippen LogP contribution in [0.5, 0.6) is 0 Å². The summed E-state index contributed by atoms with van der Waals surface area (Å²) in [5, 5.41) is 3.20. The first-order chi connectivity index (χ1) is 12.5. The minimum atomic E-state index is -0.482. The Balaban J connectivity index is 1.74. The van der Waals surface area contributed by atoms with E-state index in [0.717, 1.165) is 5.56 Å². The Morgan fingerprint density at radius 1 is 1.15 bits per heavy atom. The number of rotatable bonds is 5. The van der Waals surface area contributed by atoms with Crippen LogP contribution in [0.1, 0.15) is 26.5 Å². The molecule has 2 aromatic carbocycles. The molecule has 0 saturated heterocycles. The van der Waals surface area contributed by atoms with Crippen molar-refractivity contribution in [2.75, 3.05) is 12.4 Å². The maximum absolute atomic E-state index is 12.7. The van der Waals surface area contributed by atoms with Gasteiger partial charge in [-0.25, -0.2) is 4.98 Å². The van der Waals surface area contributed by atoms with Crippen molar-refractivity contribution < 1.29 is 9.59 Å². The van der Waals surface area contributed by atoms with Gasteiger partial charge in [0.2, 0.25) is 0 Å². The molecule has 26 heavy (non-hydrogen) atoms. The highest BCUT2D eigenvalue weighted by molar-refractivity contribution is 6.31. The van der Waals surface area contributed by atoms with Crippen LogP contribution in [0.2, 0.25) is 5.02 Å². The Labute approximate surface area is 155 Å². The average molecular weight is 369 g/mol. The largest absolute Gasteiger partial charge is 0.340 e. The van der Waals surface area contributed by atoms with E-state index in [2.05, 4.69) is 15.3 Å². The van der Waals surface area contributed by atoms with Crippen LogP contribution in [-0.4, -0.2) is 33.7 Å². The van der Waals surface area contributed by atoms with Crippen LogP contribution in [0.25, 0.3) is 0 Å². The molecule has 6 nitrogen and oxygen atoms in total. The van der Waals surface area contributed by atoms with Gasteiger partial charge in [-0.1, -0.05) is 48.0 Å². The second-order valence-corrected chi connectivity index (χ2v) is 6.17. The first-order valence-electron chi connectivity index (χ1n) is 7.94. The van der Waals surface area contributed by atoms with Crippen LogP contribution in [0, 0.1) is 0 Å². The molecule has 2 N–H and O–H groups in total. The van der Waals surface area contributed by atoms with Crippen molar-refractivity contribution >= 4 is 29.1 Å². The Bertz CT molecular complexity index is 924. The molecule has 132 valence electrons. The highest BCUT2D eigenvalue weighted by Crippen LogP contribution is 2.17. The Morgan fingerprint density at radius 2 is 1.92 bits per heavy atom. The molecule has 0 saturated carbocycles. The number of benzene rings is 2. The molecule has 0 aliphatic rings. The summed E-state index contributed by atoms with van der Waals surface area (Å²) in [5.41, 5.74) is 1.70. The predicted octanol–water partition coefficient (Wildman–Crippen LogP) is 3.59. The van der Waals surface area contributed by atoms with Crippen molar-refractivity contribution in [3.63, 3.8) is 0 Å². The number of aromatic amines is 1. The van der Waals surface area contributed by atoms with Gasteiger partial charge >= 0.3 is 0 Å². The van der Waals surface area contributed by atoms with Crippen molar-refractivity contribution in [1.29, 1.82) is 0 Å². The number of carbonyl (C=O) groups is 2. The van der Waals surface area contributed by atoms with Gasteiger partial charge in [-0.05, 0) is 23.8 Å². The molecule has 0 atom stereocenters. The number of carbonyl (C=O) groups excluding carboxylic acids is 2. The molecule has 0 bridgehead atoms. The molecule has 0 fully saturated rings.